The van der Waals surface area contributed by atoms with Crippen LogP contribution >= 0.6 is 0 Å². The van der Waals surface area contributed by atoms with Crippen molar-refractivity contribution in [3.8, 4) is 56.9 Å². The van der Waals surface area contributed by atoms with Gasteiger partial charge in [-0.2, -0.15) is 23.7 Å². The maximum atomic E-state index is 15.5. The number of nitrogens with zero attached hydrogens (tertiary/aromatic N) is 5. The third-order valence-corrected chi connectivity index (χ3v) is 11.2. The summed E-state index contributed by atoms with van der Waals surface area (Å²) < 4.78 is 50.1. The molecule has 0 aliphatic rings. The minimum atomic E-state index is -4.74. The number of hydrogen-bond donors (Lipinski definition) is 0. The maximum Gasteiger partial charge on any atom is 0.416 e. The van der Waals surface area contributed by atoms with Crippen molar-refractivity contribution in [2.45, 2.75) is 6.18 Å². The molecule has 60 heavy (non-hydrogen) atoms. The molecule has 5 nitrogen and oxygen atoms in total. The van der Waals surface area contributed by atoms with Crippen molar-refractivity contribution in [3.05, 3.63) is 198 Å². The molecule has 0 aliphatic carbocycles. The standard InChI is InChI=1S/C52H28F3N5/c1-58-44-18-7-4-15-39(44)34-22-24-48-43(27-34)41-17-6-9-20-46(41)60(48)50-29-37(52(53,54)55)28-49(51(50)35-13-10-11-32(25-35)30-56)59-45-19-8-5-16-40(45)42-26-33(21-23-47(42)59)38-14-3-2-12-36(38)31-57/h2-29H. The van der Waals surface area contributed by atoms with Crippen molar-refractivity contribution in [1.82, 2.24) is 9.13 Å². The summed E-state index contributed by atoms with van der Waals surface area (Å²) in [5.41, 5.74) is 7.97. The molecule has 0 unspecified atom stereocenters. The molecule has 0 N–H and O–H groups in total. The van der Waals surface area contributed by atoms with E-state index in [0.29, 0.717) is 50.0 Å². The molecule has 0 saturated heterocycles. The van der Waals surface area contributed by atoms with Crippen LogP contribution in [0.3, 0.4) is 0 Å². The highest BCUT2D eigenvalue weighted by atomic mass is 19.4. The minimum Gasteiger partial charge on any atom is -0.309 e. The number of aromatic nitrogens is 2. The lowest BCUT2D eigenvalue weighted by Crippen LogP contribution is -2.11. The maximum absolute atomic E-state index is 15.5. The molecule has 10 rings (SSSR count). The number of hydrogen-bond acceptors (Lipinski definition) is 2. The molecular formula is C52H28F3N5. The van der Waals surface area contributed by atoms with Crippen LogP contribution in [-0.2, 0) is 6.18 Å². The van der Waals surface area contributed by atoms with Gasteiger partial charge in [-0.3, -0.25) is 0 Å². The summed E-state index contributed by atoms with van der Waals surface area (Å²) in [7, 11) is 0. The van der Waals surface area contributed by atoms with E-state index in [-0.39, 0.29) is 11.4 Å². The van der Waals surface area contributed by atoms with Gasteiger partial charge < -0.3 is 9.13 Å². The van der Waals surface area contributed by atoms with Gasteiger partial charge in [0, 0.05) is 27.1 Å². The average Bonchev–Trinajstić information content (AvgIpc) is 3.80. The van der Waals surface area contributed by atoms with Crippen LogP contribution in [0.1, 0.15) is 16.7 Å². The van der Waals surface area contributed by atoms with Gasteiger partial charge in [0.05, 0.1) is 68.8 Å². The lowest BCUT2D eigenvalue weighted by atomic mass is 9.96. The fourth-order valence-electron chi connectivity index (χ4n) is 8.62. The van der Waals surface area contributed by atoms with E-state index in [1.54, 1.807) is 30.3 Å². The molecule has 0 fully saturated rings. The van der Waals surface area contributed by atoms with E-state index in [1.807, 2.05) is 137 Å². The Hall–Kier alpha value is -8.38. The second-order valence-electron chi connectivity index (χ2n) is 14.5. The van der Waals surface area contributed by atoms with Gasteiger partial charge in [-0.25, -0.2) is 4.85 Å². The molecule has 8 heteroatoms. The summed E-state index contributed by atoms with van der Waals surface area (Å²) in [4.78, 5) is 3.74. The van der Waals surface area contributed by atoms with Crippen LogP contribution in [0.2, 0.25) is 0 Å². The zero-order chi connectivity index (χ0) is 41.1. The Bertz CT molecular complexity index is 3330. The van der Waals surface area contributed by atoms with E-state index in [4.69, 9.17) is 6.57 Å². The smallest absolute Gasteiger partial charge is 0.309 e. The number of benzene rings is 8. The van der Waals surface area contributed by atoms with Crippen LogP contribution < -0.4 is 0 Å². The van der Waals surface area contributed by atoms with Crippen molar-refractivity contribution in [2.24, 2.45) is 0 Å². The molecule has 2 heterocycles. The zero-order valence-corrected chi connectivity index (χ0v) is 31.5. The van der Waals surface area contributed by atoms with Gasteiger partial charge >= 0.3 is 6.18 Å². The number of alkyl halides is 3. The molecule has 0 atom stereocenters. The Labute approximate surface area is 342 Å². The first-order chi connectivity index (χ1) is 29.3. The average molecular weight is 780 g/mol. The van der Waals surface area contributed by atoms with E-state index < -0.39 is 11.7 Å². The largest absolute Gasteiger partial charge is 0.416 e. The molecule has 0 saturated carbocycles. The van der Waals surface area contributed by atoms with E-state index >= 15 is 13.2 Å². The summed E-state index contributed by atoms with van der Waals surface area (Å²) in [6.07, 6.45) is -4.74. The fourth-order valence-corrected chi connectivity index (χ4v) is 8.62. The Morgan fingerprint density at radius 2 is 1.02 bits per heavy atom. The van der Waals surface area contributed by atoms with Crippen LogP contribution in [0.25, 0.3) is 93.2 Å². The van der Waals surface area contributed by atoms with Crippen LogP contribution in [0.15, 0.2) is 170 Å². The van der Waals surface area contributed by atoms with E-state index in [2.05, 4.69) is 17.0 Å². The number of fused-ring (bicyclic) bond motifs is 6. The Balaban J connectivity index is 1.35. The predicted octanol–water partition coefficient (Wildman–Crippen LogP) is 14.2. The van der Waals surface area contributed by atoms with Gasteiger partial charge in [0.15, 0.2) is 5.69 Å². The zero-order valence-electron chi connectivity index (χ0n) is 31.5. The minimum absolute atomic E-state index is 0.278. The highest BCUT2D eigenvalue weighted by Gasteiger charge is 2.34. The second-order valence-corrected chi connectivity index (χ2v) is 14.5. The number of para-hydroxylation sites is 3. The Morgan fingerprint density at radius 1 is 0.483 bits per heavy atom. The summed E-state index contributed by atoms with van der Waals surface area (Å²) in [6.45, 7) is 7.79. The van der Waals surface area contributed by atoms with Gasteiger partial charge in [-0.1, -0.05) is 103 Å². The molecular weight excluding hydrogens is 752 g/mol. The van der Waals surface area contributed by atoms with E-state index in [0.717, 1.165) is 43.8 Å². The molecule has 10 aromatic rings. The first kappa shape index (κ1) is 36.0. The summed E-state index contributed by atoms with van der Waals surface area (Å²) in [5.74, 6) is 0. The second kappa shape index (κ2) is 13.9. The topological polar surface area (TPSA) is 61.8 Å². The van der Waals surface area contributed by atoms with E-state index in [9.17, 15) is 10.5 Å². The monoisotopic (exact) mass is 779 g/mol. The fraction of sp³-hybridized carbons (Fsp3) is 0.0192. The van der Waals surface area contributed by atoms with Crippen LogP contribution in [0.5, 0.6) is 0 Å². The highest BCUT2D eigenvalue weighted by Crippen LogP contribution is 2.46. The normalized spacial score (nSPS) is 11.5. The lowest BCUT2D eigenvalue weighted by Gasteiger charge is -2.23. The van der Waals surface area contributed by atoms with Gasteiger partial charge in [0.2, 0.25) is 0 Å². The molecule has 282 valence electrons. The Morgan fingerprint density at radius 3 is 1.60 bits per heavy atom. The van der Waals surface area contributed by atoms with Crippen molar-refractivity contribution in [2.75, 3.05) is 0 Å². The van der Waals surface area contributed by atoms with Gasteiger partial charge in [-0.15, -0.1) is 0 Å². The quantitative estimate of drug-likeness (QED) is 0.163. The first-order valence-corrected chi connectivity index (χ1v) is 19.1. The Kier molecular flexibility index (Phi) is 8.35. The summed E-state index contributed by atoms with van der Waals surface area (Å²) in [6, 6.07) is 55.4. The van der Waals surface area contributed by atoms with Crippen molar-refractivity contribution >= 4 is 49.3 Å². The number of halogens is 3. The first-order valence-electron chi connectivity index (χ1n) is 19.1. The lowest BCUT2D eigenvalue weighted by molar-refractivity contribution is -0.137. The van der Waals surface area contributed by atoms with Crippen molar-refractivity contribution < 1.29 is 13.2 Å². The van der Waals surface area contributed by atoms with Crippen LogP contribution in [-0.4, -0.2) is 9.13 Å². The highest BCUT2D eigenvalue weighted by molar-refractivity contribution is 6.13. The van der Waals surface area contributed by atoms with Gasteiger partial charge in [0.25, 0.3) is 0 Å². The molecule has 0 radical (unpaired) electrons. The van der Waals surface area contributed by atoms with Gasteiger partial charge in [0.1, 0.15) is 0 Å². The predicted molar refractivity (Wildman–Crippen MR) is 232 cm³/mol. The summed E-state index contributed by atoms with van der Waals surface area (Å²) >= 11 is 0. The van der Waals surface area contributed by atoms with Crippen molar-refractivity contribution in [3.63, 3.8) is 0 Å². The van der Waals surface area contributed by atoms with Crippen LogP contribution in [0, 0.1) is 29.2 Å². The molecule has 0 aliphatic heterocycles. The number of nitriles is 2. The van der Waals surface area contributed by atoms with Crippen LogP contribution in [0.4, 0.5) is 18.9 Å². The molecule has 0 amide bonds. The molecule has 0 bridgehead atoms. The SMILES string of the molecule is [C-]#[N+]c1ccccc1-c1ccc2c(c1)c1ccccc1n2-c1cc(C(F)(F)F)cc(-n2c3ccccc3c3cc(-c4ccccc4C#N)ccc32)c1-c1cccc(C#N)c1. The van der Waals surface area contributed by atoms with Gasteiger partial charge in [-0.05, 0) is 94.5 Å². The van der Waals surface area contributed by atoms with Crippen molar-refractivity contribution in [1.29, 1.82) is 10.5 Å². The third kappa shape index (κ3) is 5.69. The third-order valence-electron chi connectivity index (χ3n) is 11.2. The summed E-state index contributed by atoms with van der Waals surface area (Å²) in [5, 5.41) is 23.3. The molecule has 0 spiro atoms. The number of rotatable bonds is 5. The molecule has 8 aromatic carbocycles. The molecule has 2 aromatic heterocycles. The van der Waals surface area contributed by atoms with E-state index in [1.165, 1.54) is 12.1 Å².